The summed E-state index contributed by atoms with van der Waals surface area (Å²) in [5.74, 6) is -0.160. The molecule has 0 radical (unpaired) electrons. The molecule has 3 aromatic rings. The van der Waals surface area contributed by atoms with Gasteiger partial charge >= 0.3 is 6.18 Å². The number of halogens is 3. The molecule has 30 heavy (non-hydrogen) atoms. The highest BCUT2D eigenvalue weighted by Gasteiger charge is 2.36. The first-order valence-electron chi connectivity index (χ1n) is 9.26. The maximum absolute atomic E-state index is 12.9. The van der Waals surface area contributed by atoms with E-state index in [-0.39, 0.29) is 11.7 Å². The summed E-state index contributed by atoms with van der Waals surface area (Å²) in [6.45, 7) is 0.688. The van der Waals surface area contributed by atoms with Gasteiger partial charge < -0.3 is 10.1 Å². The van der Waals surface area contributed by atoms with Crippen molar-refractivity contribution in [3.05, 3.63) is 47.5 Å². The molecule has 0 aliphatic carbocycles. The fraction of sp³-hybridized carbons (Fsp3) is 0.368. The molecule has 0 bridgehead atoms. The Kier molecular flexibility index (Phi) is 4.96. The number of aromatic nitrogens is 5. The number of carbonyl (C=O) groups is 1. The number of nitrogens with one attached hydrogen (secondary N) is 1. The Labute approximate surface area is 169 Å². The Morgan fingerprint density at radius 1 is 1.27 bits per heavy atom. The lowest BCUT2D eigenvalue weighted by Gasteiger charge is -2.24. The SMILES string of the molecule is COc1cc(-c2cc3n(n2)CCC[C@@H]3NC(=O)c2cc(C(F)(F)F)nn2C)ccn1. The van der Waals surface area contributed by atoms with Crippen molar-refractivity contribution >= 4 is 5.91 Å². The van der Waals surface area contributed by atoms with Gasteiger partial charge in [0.25, 0.3) is 5.91 Å². The van der Waals surface area contributed by atoms with Crippen LogP contribution in [0.3, 0.4) is 0 Å². The number of aryl methyl sites for hydroxylation is 2. The highest BCUT2D eigenvalue weighted by molar-refractivity contribution is 5.93. The van der Waals surface area contributed by atoms with E-state index in [1.165, 1.54) is 14.2 Å². The van der Waals surface area contributed by atoms with Gasteiger partial charge in [-0.1, -0.05) is 0 Å². The lowest BCUT2D eigenvalue weighted by Crippen LogP contribution is -2.33. The third-order valence-corrected chi connectivity index (χ3v) is 4.98. The van der Waals surface area contributed by atoms with Gasteiger partial charge in [0.2, 0.25) is 5.88 Å². The maximum atomic E-state index is 12.9. The van der Waals surface area contributed by atoms with Crippen LogP contribution in [0.5, 0.6) is 5.88 Å². The van der Waals surface area contributed by atoms with E-state index in [0.29, 0.717) is 24.5 Å². The molecule has 0 saturated carbocycles. The van der Waals surface area contributed by atoms with Crippen LogP contribution < -0.4 is 10.1 Å². The minimum absolute atomic E-state index is 0.155. The van der Waals surface area contributed by atoms with Crippen molar-refractivity contribution in [2.75, 3.05) is 7.11 Å². The van der Waals surface area contributed by atoms with E-state index in [0.717, 1.165) is 28.4 Å². The number of ether oxygens (including phenoxy) is 1. The predicted molar refractivity (Wildman–Crippen MR) is 99.7 cm³/mol. The highest BCUT2D eigenvalue weighted by atomic mass is 19.4. The number of pyridine rings is 1. The quantitative estimate of drug-likeness (QED) is 0.701. The average Bonchev–Trinajstić information content (AvgIpc) is 3.32. The van der Waals surface area contributed by atoms with Crippen molar-refractivity contribution in [2.45, 2.75) is 31.6 Å². The van der Waals surface area contributed by atoms with Gasteiger partial charge in [0.05, 0.1) is 24.5 Å². The van der Waals surface area contributed by atoms with E-state index in [2.05, 4.69) is 20.5 Å². The second-order valence-electron chi connectivity index (χ2n) is 6.97. The zero-order chi connectivity index (χ0) is 21.5. The monoisotopic (exact) mass is 420 g/mol. The zero-order valence-corrected chi connectivity index (χ0v) is 16.3. The molecule has 11 heteroatoms. The van der Waals surface area contributed by atoms with Crippen LogP contribution in [0.2, 0.25) is 0 Å². The molecular formula is C19H19F3N6O2. The normalized spacial score (nSPS) is 16.2. The molecular weight excluding hydrogens is 401 g/mol. The fourth-order valence-corrected chi connectivity index (χ4v) is 3.50. The Morgan fingerprint density at radius 3 is 2.77 bits per heavy atom. The summed E-state index contributed by atoms with van der Waals surface area (Å²) >= 11 is 0. The summed E-state index contributed by atoms with van der Waals surface area (Å²) in [5.41, 5.74) is 1.05. The first kappa shape index (κ1) is 19.9. The summed E-state index contributed by atoms with van der Waals surface area (Å²) in [6, 6.07) is 5.81. The molecule has 8 nitrogen and oxygen atoms in total. The van der Waals surface area contributed by atoms with Crippen molar-refractivity contribution < 1.29 is 22.7 Å². The van der Waals surface area contributed by atoms with Gasteiger partial charge in [-0.25, -0.2) is 4.98 Å². The standard InChI is InChI=1S/C19H19F3N6O2/c1-27-15(10-16(26-27)19(20,21)22)18(29)24-12-4-3-7-28-14(12)9-13(25-28)11-5-6-23-17(8-11)30-2/h5-6,8-10,12H,3-4,7H2,1-2H3,(H,24,29)/t12-/m0/s1. The lowest BCUT2D eigenvalue weighted by molar-refractivity contribution is -0.141. The van der Waals surface area contributed by atoms with Crippen LogP contribution >= 0.6 is 0 Å². The van der Waals surface area contributed by atoms with Crippen molar-refractivity contribution in [3.8, 4) is 17.1 Å². The van der Waals surface area contributed by atoms with Gasteiger partial charge in [0.15, 0.2) is 5.69 Å². The number of carbonyl (C=O) groups excluding carboxylic acids is 1. The predicted octanol–water partition coefficient (Wildman–Crippen LogP) is 2.97. The number of rotatable bonds is 4. The minimum Gasteiger partial charge on any atom is -0.481 e. The van der Waals surface area contributed by atoms with Crippen LogP contribution in [-0.4, -0.2) is 37.6 Å². The van der Waals surface area contributed by atoms with Gasteiger partial charge in [-0.05, 0) is 25.0 Å². The van der Waals surface area contributed by atoms with Crippen molar-refractivity contribution in [3.63, 3.8) is 0 Å². The molecule has 1 amide bonds. The summed E-state index contributed by atoms with van der Waals surface area (Å²) in [7, 11) is 2.84. The molecule has 0 aromatic carbocycles. The molecule has 1 aliphatic heterocycles. The highest BCUT2D eigenvalue weighted by Crippen LogP contribution is 2.31. The molecule has 1 N–H and O–H groups in total. The molecule has 4 rings (SSSR count). The van der Waals surface area contributed by atoms with Crippen LogP contribution in [-0.2, 0) is 19.8 Å². The minimum atomic E-state index is -4.61. The van der Waals surface area contributed by atoms with Gasteiger partial charge in [-0.3, -0.25) is 14.2 Å². The van der Waals surface area contributed by atoms with Gasteiger partial charge in [-0.15, -0.1) is 0 Å². The van der Waals surface area contributed by atoms with E-state index in [4.69, 9.17) is 4.74 Å². The second-order valence-corrected chi connectivity index (χ2v) is 6.97. The van der Waals surface area contributed by atoms with Crippen molar-refractivity contribution in [1.82, 2.24) is 29.9 Å². The van der Waals surface area contributed by atoms with Gasteiger partial charge in [-0.2, -0.15) is 23.4 Å². The molecule has 0 saturated heterocycles. The number of methoxy groups -OCH3 is 1. The fourth-order valence-electron chi connectivity index (χ4n) is 3.50. The van der Waals surface area contributed by atoms with Gasteiger partial charge in [0.1, 0.15) is 5.69 Å². The lowest BCUT2D eigenvalue weighted by atomic mass is 10.0. The molecule has 0 spiro atoms. The van der Waals surface area contributed by atoms with Crippen molar-refractivity contribution in [2.24, 2.45) is 7.05 Å². The Hall–Kier alpha value is -3.37. The van der Waals surface area contributed by atoms with E-state index < -0.39 is 17.8 Å². The molecule has 0 unspecified atom stereocenters. The zero-order valence-electron chi connectivity index (χ0n) is 16.3. The summed E-state index contributed by atoms with van der Waals surface area (Å²) < 4.78 is 46.5. The first-order valence-corrected chi connectivity index (χ1v) is 9.26. The summed E-state index contributed by atoms with van der Waals surface area (Å²) in [5, 5.41) is 10.8. The Bertz CT molecular complexity index is 1090. The number of hydrogen-bond donors (Lipinski definition) is 1. The van der Waals surface area contributed by atoms with E-state index in [9.17, 15) is 18.0 Å². The number of amides is 1. The van der Waals surface area contributed by atoms with E-state index >= 15 is 0 Å². The molecule has 0 fully saturated rings. The van der Waals surface area contributed by atoms with Crippen LogP contribution in [0, 0.1) is 0 Å². The number of nitrogens with zero attached hydrogens (tertiary/aromatic N) is 5. The topological polar surface area (TPSA) is 86.9 Å². The number of hydrogen-bond acceptors (Lipinski definition) is 5. The number of alkyl halides is 3. The summed E-state index contributed by atoms with van der Waals surface area (Å²) in [6.07, 6.45) is -1.56. The Balaban J connectivity index is 1.59. The van der Waals surface area contributed by atoms with Crippen LogP contribution in [0.15, 0.2) is 30.5 Å². The van der Waals surface area contributed by atoms with Crippen LogP contribution in [0.4, 0.5) is 13.2 Å². The number of fused-ring (bicyclic) bond motifs is 1. The molecule has 158 valence electrons. The molecule has 4 heterocycles. The van der Waals surface area contributed by atoms with Crippen molar-refractivity contribution in [1.29, 1.82) is 0 Å². The molecule has 3 aromatic heterocycles. The van der Waals surface area contributed by atoms with E-state index in [1.807, 2.05) is 6.07 Å². The average molecular weight is 420 g/mol. The van der Waals surface area contributed by atoms with Crippen LogP contribution in [0.1, 0.15) is 40.8 Å². The first-order chi connectivity index (χ1) is 14.3. The largest absolute Gasteiger partial charge is 0.481 e. The third-order valence-electron chi connectivity index (χ3n) is 4.98. The molecule has 1 atom stereocenters. The van der Waals surface area contributed by atoms with E-state index in [1.54, 1.807) is 23.0 Å². The van der Waals surface area contributed by atoms with Gasteiger partial charge in [0, 0.05) is 37.5 Å². The third kappa shape index (κ3) is 3.74. The van der Waals surface area contributed by atoms with Crippen LogP contribution in [0.25, 0.3) is 11.3 Å². The second kappa shape index (κ2) is 7.47. The maximum Gasteiger partial charge on any atom is 0.435 e. The molecule has 1 aliphatic rings. The Morgan fingerprint density at radius 2 is 2.07 bits per heavy atom. The smallest absolute Gasteiger partial charge is 0.435 e. The summed E-state index contributed by atoms with van der Waals surface area (Å²) in [4.78, 5) is 16.7.